The molecule has 0 radical (unpaired) electrons. The van der Waals surface area contributed by atoms with Gasteiger partial charge in [-0.3, -0.25) is 0 Å². The van der Waals surface area contributed by atoms with E-state index in [1.54, 1.807) is 31.3 Å². The van der Waals surface area contributed by atoms with Crippen LogP contribution in [-0.2, 0) is 16.5 Å². The highest BCUT2D eigenvalue weighted by atomic mass is 127. The van der Waals surface area contributed by atoms with E-state index in [0.29, 0.717) is 16.7 Å². The topological polar surface area (TPSA) is 51.9 Å². The first-order valence-electron chi connectivity index (χ1n) is 8.57. The number of amides is 1. The van der Waals surface area contributed by atoms with Gasteiger partial charge in [-0.15, -0.1) is 4.39 Å². The van der Waals surface area contributed by atoms with E-state index in [1.165, 1.54) is 4.57 Å². The molecule has 0 spiro atoms. The second kappa shape index (κ2) is 8.69. The van der Waals surface area contributed by atoms with Gasteiger partial charge in [-0.25, -0.2) is 4.79 Å². The summed E-state index contributed by atoms with van der Waals surface area (Å²) >= 11 is 2.04. The van der Waals surface area contributed by atoms with Crippen molar-refractivity contribution in [3.8, 4) is 5.75 Å². The van der Waals surface area contributed by atoms with E-state index >= 15 is 0 Å². The minimum atomic E-state index is -0.573. The number of ether oxygens (including phenoxy) is 3. The van der Waals surface area contributed by atoms with Crippen LogP contribution in [0.15, 0.2) is 12.3 Å². The van der Waals surface area contributed by atoms with Crippen molar-refractivity contribution in [2.45, 2.75) is 38.8 Å². The van der Waals surface area contributed by atoms with Gasteiger partial charge in [0.15, 0.2) is 6.20 Å². The summed E-state index contributed by atoms with van der Waals surface area (Å²) in [4.78, 5) is 14.2. The van der Waals surface area contributed by atoms with Crippen LogP contribution in [0.2, 0.25) is 0 Å². The number of nitrogens with zero attached hydrogens (tertiary/aromatic N) is 2. The predicted molar refractivity (Wildman–Crippen MR) is 102 cm³/mol. The zero-order valence-electron chi connectivity index (χ0n) is 15.9. The molecule has 2 heterocycles. The molecule has 8 heteroatoms. The van der Waals surface area contributed by atoms with Crippen LogP contribution in [0.25, 0.3) is 0 Å². The molecule has 1 aliphatic heterocycles. The molecule has 1 aromatic heterocycles. The molecule has 2 rings (SSSR count). The molecule has 0 N–H and O–H groups in total. The van der Waals surface area contributed by atoms with E-state index in [4.69, 9.17) is 14.2 Å². The number of likely N-dealkylation sites (tertiary alicyclic amines) is 1. The number of aromatic nitrogens is 1. The van der Waals surface area contributed by atoms with Gasteiger partial charge in [0.2, 0.25) is 5.75 Å². The Kier molecular flexibility index (Phi) is 7.06. The summed E-state index contributed by atoms with van der Waals surface area (Å²) in [7, 11) is 3.26. The van der Waals surface area contributed by atoms with E-state index in [0.717, 1.165) is 6.42 Å². The Morgan fingerprint density at radius 2 is 2.12 bits per heavy atom. The average Bonchev–Trinajstić information content (AvgIpc) is 2.93. The highest BCUT2D eigenvalue weighted by molar-refractivity contribution is 14.1. The summed E-state index contributed by atoms with van der Waals surface area (Å²) < 4.78 is 32.9. The number of methoxy groups -OCH3 is 1. The lowest BCUT2D eigenvalue weighted by atomic mass is 10.1. The van der Waals surface area contributed by atoms with Gasteiger partial charge in [0.25, 0.3) is 0 Å². The lowest BCUT2D eigenvalue weighted by Gasteiger charge is -2.28. The maximum absolute atomic E-state index is 14.3. The van der Waals surface area contributed by atoms with E-state index in [9.17, 15) is 9.18 Å². The van der Waals surface area contributed by atoms with Crippen molar-refractivity contribution in [1.82, 2.24) is 4.90 Å². The van der Waals surface area contributed by atoms with Crippen LogP contribution in [0, 0.1) is 15.4 Å². The number of carbonyl (C=O) groups excluding carboxylic acids is 1. The van der Waals surface area contributed by atoms with Crippen LogP contribution < -0.4 is 9.30 Å². The Balaban J connectivity index is 2.11. The van der Waals surface area contributed by atoms with Crippen molar-refractivity contribution in [1.29, 1.82) is 0 Å². The highest BCUT2D eigenvalue weighted by Gasteiger charge is 2.38. The van der Waals surface area contributed by atoms with Crippen LogP contribution in [0.4, 0.5) is 9.18 Å². The molecule has 1 aromatic rings. The number of aryl methyl sites for hydroxylation is 1. The fourth-order valence-corrected chi connectivity index (χ4v) is 3.50. The van der Waals surface area contributed by atoms with Crippen molar-refractivity contribution < 1.29 is 28.0 Å². The van der Waals surface area contributed by atoms with E-state index in [2.05, 4.69) is 0 Å². The molecule has 0 aliphatic carbocycles. The Morgan fingerprint density at radius 3 is 2.73 bits per heavy atom. The Hall–Kier alpha value is -1.16. The van der Waals surface area contributed by atoms with Gasteiger partial charge in [-0.2, -0.15) is 4.57 Å². The van der Waals surface area contributed by atoms with Crippen LogP contribution in [0.5, 0.6) is 5.75 Å². The zero-order chi connectivity index (χ0) is 19.5. The van der Waals surface area contributed by atoms with Crippen LogP contribution >= 0.6 is 22.6 Å². The fourth-order valence-electron chi connectivity index (χ4n) is 2.96. The molecule has 0 bridgehead atoms. The molecule has 0 saturated carbocycles. The Labute approximate surface area is 167 Å². The van der Waals surface area contributed by atoms with Crippen molar-refractivity contribution in [3.63, 3.8) is 0 Å². The normalized spacial score (nSPS) is 20.3. The van der Waals surface area contributed by atoms with Gasteiger partial charge >= 0.3 is 12.0 Å². The van der Waals surface area contributed by atoms with E-state index in [1.807, 2.05) is 43.4 Å². The monoisotopic (exact) mass is 481 g/mol. The van der Waals surface area contributed by atoms with Crippen LogP contribution in [-0.4, -0.2) is 49.5 Å². The fraction of sp³-hybridized carbons (Fsp3) is 0.667. The number of rotatable bonds is 5. The molecule has 0 aromatic carbocycles. The second-order valence-corrected chi connectivity index (χ2v) is 8.71. The lowest BCUT2D eigenvalue weighted by molar-refractivity contribution is -0.700. The van der Waals surface area contributed by atoms with E-state index < -0.39 is 11.5 Å². The molecule has 2 atom stereocenters. The standard InChI is InChI=1S/C18H27FIN2O4/c1-18(2,3)26-17(23)22-9-12(10-24-5)8-13(22)11-25-15-14(20)6-7-21(4)16(15)19/h6-7,12-13H,8-11H2,1-5H3/q+1/t12?,13-/m0/s1. The van der Waals surface area contributed by atoms with Crippen molar-refractivity contribution in [2.24, 2.45) is 13.0 Å². The molecule has 1 amide bonds. The summed E-state index contributed by atoms with van der Waals surface area (Å²) in [5.74, 6) is -0.0287. The number of halogens is 2. The first-order valence-corrected chi connectivity index (χ1v) is 9.65. The van der Waals surface area contributed by atoms with Crippen LogP contribution in [0.3, 0.4) is 0 Å². The SMILES string of the molecule is COCC1C[C@@H](COc2c(I)cc[n+](C)c2F)N(C(=O)OC(C)(C)C)C1. The molecule has 1 unspecified atom stereocenters. The molecular weight excluding hydrogens is 454 g/mol. The first kappa shape index (κ1) is 21.1. The third kappa shape index (κ3) is 5.42. The maximum atomic E-state index is 14.3. The predicted octanol–water partition coefficient (Wildman–Crippen LogP) is 2.91. The van der Waals surface area contributed by atoms with Gasteiger partial charge in [-0.1, -0.05) is 0 Å². The van der Waals surface area contributed by atoms with Gasteiger partial charge < -0.3 is 19.1 Å². The summed E-state index contributed by atoms with van der Waals surface area (Å²) in [6.45, 7) is 6.81. The number of pyridine rings is 1. The third-order valence-corrected chi connectivity index (χ3v) is 4.96. The summed E-state index contributed by atoms with van der Waals surface area (Å²) in [5, 5.41) is 0. The number of carbonyl (C=O) groups is 1. The van der Waals surface area contributed by atoms with Crippen LogP contribution in [0.1, 0.15) is 27.2 Å². The van der Waals surface area contributed by atoms with Gasteiger partial charge in [-0.05, 0) is 49.8 Å². The van der Waals surface area contributed by atoms with Gasteiger partial charge in [0.1, 0.15) is 19.3 Å². The Bertz CT molecular complexity index is 651. The molecule has 6 nitrogen and oxygen atoms in total. The summed E-state index contributed by atoms with van der Waals surface area (Å²) in [5.41, 5.74) is -0.573. The smallest absolute Gasteiger partial charge is 0.410 e. The van der Waals surface area contributed by atoms with Gasteiger partial charge in [0, 0.05) is 25.6 Å². The third-order valence-electron chi connectivity index (χ3n) is 4.11. The molecule has 1 saturated heterocycles. The maximum Gasteiger partial charge on any atom is 0.410 e. The number of hydrogen-bond acceptors (Lipinski definition) is 4. The molecule has 1 aliphatic rings. The lowest BCUT2D eigenvalue weighted by Crippen LogP contribution is -2.42. The Morgan fingerprint density at radius 1 is 1.42 bits per heavy atom. The molecular formula is C18H27FIN2O4+. The highest BCUT2D eigenvalue weighted by Crippen LogP contribution is 2.28. The summed E-state index contributed by atoms with van der Waals surface area (Å²) in [6.07, 6.45) is 1.99. The number of hydrogen-bond donors (Lipinski definition) is 0. The van der Waals surface area contributed by atoms with E-state index in [-0.39, 0.29) is 30.4 Å². The molecule has 1 fully saturated rings. The van der Waals surface area contributed by atoms with Crippen molar-refractivity contribution in [3.05, 3.63) is 21.8 Å². The average molecular weight is 481 g/mol. The largest absolute Gasteiger partial charge is 0.482 e. The van der Waals surface area contributed by atoms with Crippen molar-refractivity contribution >= 4 is 28.7 Å². The summed E-state index contributed by atoms with van der Waals surface area (Å²) in [6, 6.07) is 1.60. The zero-order valence-corrected chi connectivity index (χ0v) is 18.1. The first-order chi connectivity index (χ1) is 12.1. The minimum Gasteiger partial charge on any atom is -0.482 e. The minimum absolute atomic E-state index is 0.189. The quantitative estimate of drug-likeness (QED) is 0.369. The van der Waals surface area contributed by atoms with Crippen molar-refractivity contribution in [2.75, 3.05) is 26.9 Å². The second-order valence-electron chi connectivity index (χ2n) is 7.55. The molecule has 146 valence electrons. The molecule has 26 heavy (non-hydrogen) atoms. The van der Waals surface area contributed by atoms with Gasteiger partial charge in [0.05, 0.1) is 16.2 Å².